The normalized spacial score (nSPS) is 19.8. The van der Waals surface area contributed by atoms with E-state index in [4.69, 9.17) is 4.74 Å². The second-order valence-electron chi connectivity index (χ2n) is 9.08. The fourth-order valence-electron chi connectivity index (χ4n) is 4.96. The van der Waals surface area contributed by atoms with E-state index in [0.717, 1.165) is 17.9 Å². The summed E-state index contributed by atoms with van der Waals surface area (Å²) < 4.78 is 5.26. The number of nitrogens with zero attached hydrogens (tertiary/aromatic N) is 1. The van der Waals surface area contributed by atoms with Gasteiger partial charge in [-0.2, -0.15) is 0 Å². The number of fused-ring (bicyclic) bond motifs is 1. The van der Waals surface area contributed by atoms with Crippen LogP contribution in [-0.2, 0) is 5.41 Å². The first-order valence-electron chi connectivity index (χ1n) is 10.4. The number of amides is 1. The molecule has 154 valence electrons. The first-order valence-corrected chi connectivity index (χ1v) is 10.4. The SMILES string of the molecule is COc1ccc(C(=O)N2c3ccc(C)cc3[C@@](C)(c3ccccc3)CC2(C)C)cc1. The number of carbonyl (C=O) groups excluding carboxylic acids is 1. The van der Waals surface area contributed by atoms with Crippen LogP contribution in [0.5, 0.6) is 5.75 Å². The zero-order valence-corrected chi connectivity index (χ0v) is 18.4. The Balaban J connectivity index is 1.88. The molecular weight excluding hydrogens is 370 g/mol. The highest BCUT2D eigenvalue weighted by Gasteiger charge is 2.47. The van der Waals surface area contributed by atoms with Crippen LogP contribution in [0.1, 0.15) is 54.2 Å². The Morgan fingerprint density at radius 2 is 1.60 bits per heavy atom. The Morgan fingerprint density at radius 1 is 0.933 bits per heavy atom. The number of ether oxygens (including phenoxy) is 1. The fourth-order valence-corrected chi connectivity index (χ4v) is 4.96. The second-order valence-corrected chi connectivity index (χ2v) is 9.08. The zero-order valence-electron chi connectivity index (χ0n) is 18.4. The molecule has 3 heteroatoms. The Hall–Kier alpha value is -3.07. The summed E-state index contributed by atoms with van der Waals surface area (Å²) in [6, 6.07) is 24.5. The van der Waals surface area contributed by atoms with Crippen LogP contribution in [0.2, 0.25) is 0 Å². The molecule has 0 spiro atoms. The molecule has 1 atom stereocenters. The van der Waals surface area contributed by atoms with Crippen LogP contribution in [0.4, 0.5) is 5.69 Å². The van der Waals surface area contributed by atoms with Gasteiger partial charge in [0.15, 0.2) is 0 Å². The van der Waals surface area contributed by atoms with Crippen molar-refractivity contribution in [2.75, 3.05) is 12.0 Å². The average Bonchev–Trinajstić information content (AvgIpc) is 2.74. The quantitative estimate of drug-likeness (QED) is 0.529. The lowest BCUT2D eigenvalue weighted by atomic mass is 9.65. The third-order valence-electron chi connectivity index (χ3n) is 6.33. The van der Waals surface area contributed by atoms with E-state index in [2.05, 4.69) is 76.2 Å². The molecule has 0 N–H and O–H groups in total. The van der Waals surface area contributed by atoms with E-state index < -0.39 is 0 Å². The third-order valence-corrected chi connectivity index (χ3v) is 6.33. The van der Waals surface area contributed by atoms with Gasteiger partial charge in [-0.3, -0.25) is 4.79 Å². The molecular formula is C27H29NO2. The van der Waals surface area contributed by atoms with E-state index >= 15 is 0 Å². The molecule has 0 saturated heterocycles. The van der Waals surface area contributed by atoms with Crippen molar-refractivity contribution in [1.82, 2.24) is 0 Å². The summed E-state index contributed by atoms with van der Waals surface area (Å²) in [6.07, 6.45) is 0.836. The van der Waals surface area contributed by atoms with Gasteiger partial charge in [0.05, 0.1) is 7.11 Å². The minimum atomic E-state index is -0.357. The molecule has 0 aliphatic carbocycles. The third kappa shape index (κ3) is 3.28. The van der Waals surface area contributed by atoms with Crippen LogP contribution in [0.15, 0.2) is 72.8 Å². The van der Waals surface area contributed by atoms with Gasteiger partial charge in [-0.05, 0) is 68.7 Å². The summed E-state index contributed by atoms with van der Waals surface area (Å²) in [7, 11) is 1.63. The average molecular weight is 400 g/mol. The molecule has 0 aromatic heterocycles. The smallest absolute Gasteiger partial charge is 0.258 e. The maximum absolute atomic E-state index is 13.7. The molecule has 0 saturated carbocycles. The summed E-state index contributed by atoms with van der Waals surface area (Å²) in [5.41, 5.74) is 4.80. The van der Waals surface area contributed by atoms with Crippen molar-refractivity contribution in [2.45, 2.75) is 45.1 Å². The van der Waals surface area contributed by atoms with Gasteiger partial charge in [0.1, 0.15) is 5.75 Å². The van der Waals surface area contributed by atoms with Gasteiger partial charge in [0.2, 0.25) is 0 Å². The van der Waals surface area contributed by atoms with Gasteiger partial charge in [-0.15, -0.1) is 0 Å². The number of anilines is 1. The standard InChI is InChI=1S/C27H29NO2/c1-19-11-16-24-23(17-19)27(4,21-9-7-6-8-10-21)18-26(2,3)28(24)25(29)20-12-14-22(30-5)15-13-20/h6-17H,18H2,1-5H3/t27-/m1/s1. The van der Waals surface area contributed by atoms with E-state index in [1.165, 1.54) is 16.7 Å². The van der Waals surface area contributed by atoms with E-state index in [-0.39, 0.29) is 16.9 Å². The van der Waals surface area contributed by atoms with Crippen molar-refractivity contribution < 1.29 is 9.53 Å². The van der Waals surface area contributed by atoms with Crippen LogP contribution in [0, 0.1) is 6.92 Å². The molecule has 1 aliphatic heterocycles. The molecule has 1 heterocycles. The highest BCUT2D eigenvalue weighted by molar-refractivity contribution is 6.08. The summed E-state index contributed by atoms with van der Waals surface area (Å²) in [6.45, 7) is 8.75. The molecule has 1 amide bonds. The van der Waals surface area contributed by atoms with Gasteiger partial charge in [-0.25, -0.2) is 0 Å². The molecule has 0 unspecified atom stereocenters. The Kier molecular flexibility index (Phi) is 4.93. The van der Waals surface area contributed by atoms with Gasteiger partial charge < -0.3 is 9.64 Å². The predicted octanol–water partition coefficient (Wildman–Crippen LogP) is 6.14. The summed E-state index contributed by atoms with van der Waals surface area (Å²) in [4.78, 5) is 15.7. The minimum Gasteiger partial charge on any atom is -0.497 e. The fraction of sp³-hybridized carbons (Fsp3) is 0.296. The first kappa shape index (κ1) is 20.2. The predicted molar refractivity (Wildman–Crippen MR) is 123 cm³/mol. The molecule has 0 bridgehead atoms. The van der Waals surface area contributed by atoms with Crippen molar-refractivity contribution >= 4 is 11.6 Å². The summed E-state index contributed by atoms with van der Waals surface area (Å²) in [5, 5.41) is 0. The molecule has 3 aromatic carbocycles. The van der Waals surface area contributed by atoms with E-state index in [1.54, 1.807) is 7.11 Å². The van der Waals surface area contributed by atoms with Crippen molar-refractivity contribution in [3.8, 4) is 5.75 Å². The number of carbonyl (C=O) groups is 1. The van der Waals surface area contributed by atoms with Crippen molar-refractivity contribution in [3.05, 3.63) is 95.1 Å². The zero-order chi connectivity index (χ0) is 21.5. The molecule has 1 aliphatic rings. The Bertz CT molecular complexity index is 1070. The summed E-state index contributed by atoms with van der Waals surface area (Å²) in [5.74, 6) is 0.764. The van der Waals surface area contributed by atoms with Crippen LogP contribution in [0.3, 0.4) is 0 Å². The molecule has 3 aromatic rings. The van der Waals surface area contributed by atoms with Gasteiger partial charge in [0, 0.05) is 22.2 Å². The van der Waals surface area contributed by atoms with Gasteiger partial charge in [-0.1, -0.05) is 55.0 Å². The molecule has 3 nitrogen and oxygen atoms in total. The lowest BCUT2D eigenvalue weighted by Gasteiger charge is -2.51. The number of rotatable bonds is 3. The van der Waals surface area contributed by atoms with Crippen molar-refractivity contribution in [1.29, 1.82) is 0 Å². The van der Waals surface area contributed by atoms with E-state index in [9.17, 15) is 4.79 Å². The number of aryl methyl sites for hydroxylation is 1. The highest BCUT2D eigenvalue weighted by Crippen LogP contribution is 2.51. The second kappa shape index (κ2) is 7.32. The van der Waals surface area contributed by atoms with Crippen molar-refractivity contribution in [3.63, 3.8) is 0 Å². The number of hydrogen-bond donors (Lipinski definition) is 0. The molecule has 0 radical (unpaired) electrons. The number of benzene rings is 3. The topological polar surface area (TPSA) is 29.5 Å². The number of hydrogen-bond acceptors (Lipinski definition) is 2. The monoisotopic (exact) mass is 399 g/mol. The van der Waals surface area contributed by atoms with Crippen LogP contribution in [0.25, 0.3) is 0 Å². The van der Waals surface area contributed by atoms with Gasteiger partial charge >= 0.3 is 0 Å². The lowest BCUT2D eigenvalue weighted by Crippen LogP contribution is -2.55. The van der Waals surface area contributed by atoms with Crippen LogP contribution in [-0.4, -0.2) is 18.6 Å². The molecule has 30 heavy (non-hydrogen) atoms. The maximum Gasteiger partial charge on any atom is 0.258 e. The number of methoxy groups -OCH3 is 1. The Labute approximate surface area is 179 Å². The largest absolute Gasteiger partial charge is 0.497 e. The van der Waals surface area contributed by atoms with Crippen molar-refractivity contribution in [2.24, 2.45) is 0 Å². The van der Waals surface area contributed by atoms with Crippen LogP contribution < -0.4 is 9.64 Å². The highest BCUT2D eigenvalue weighted by atomic mass is 16.5. The van der Waals surface area contributed by atoms with E-state index in [0.29, 0.717) is 5.56 Å². The summed E-state index contributed by atoms with van der Waals surface area (Å²) >= 11 is 0. The maximum atomic E-state index is 13.7. The Morgan fingerprint density at radius 3 is 2.23 bits per heavy atom. The van der Waals surface area contributed by atoms with Crippen LogP contribution >= 0.6 is 0 Å². The lowest BCUT2D eigenvalue weighted by molar-refractivity contribution is 0.0948. The van der Waals surface area contributed by atoms with E-state index in [1.807, 2.05) is 29.2 Å². The molecule has 4 rings (SSSR count). The van der Waals surface area contributed by atoms with Gasteiger partial charge in [0.25, 0.3) is 5.91 Å². The minimum absolute atomic E-state index is 0.0165. The first-order chi connectivity index (χ1) is 14.3. The molecule has 0 fully saturated rings.